The Morgan fingerprint density at radius 1 is 1.44 bits per heavy atom. The molecule has 0 heterocycles. The van der Waals surface area contributed by atoms with Crippen LogP contribution in [-0.4, -0.2) is 30.7 Å². The van der Waals surface area contributed by atoms with E-state index < -0.39 is 19.6 Å². The molecule has 0 aliphatic carbocycles. The second-order valence-electron chi connectivity index (χ2n) is 2.61. The summed E-state index contributed by atoms with van der Waals surface area (Å²) in [4.78, 5) is 19.5. The van der Waals surface area contributed by atoms with Crippen LogP contribution in [0.25, 0.3) is 0 Å². The topological polar surface area (TPSA) is 82.1 Å². The third kappa shape index (κ3) is 7.53. The number of ether oxygens (including phenoxy) is 1. The zero-order valence-corrected chi connectivity index (χ0v) is 9.74. The average molecular weight is 256 g/mol. The summed E-state index contributed by atoms with van der Waals surface area (Å²) >= 11 is 0. The summed E-state index contributed by atoms with van der Waals surface area (Å²) < 4.78 is 36.3. The maximum absolute atomic E-state index is 12.1. The van der Waals surface area contributed by atoms with Crippen molar-refractivity contribution >= 4 is 13.8 Å². The summed E-state index contributed by atoms with van der Waals surface area (Å²) in [6.07, 6.45) is 0.149. The molecule has 0 aromatic carbocycles. The third-order valence-electron chi connectivity index (χ3n) is 1.29. The molecule has 0 amide bonds. The van der Waals surface area contributed by atoms with E-state index in [9.17, 15) is 13.8 Å². The number of phosphoric acid groups is 1. The highest BCUT2D eigenvalue weighted by Gasteiger charge is 2.19. The van der Waals surface area contributed by atoms with Gasteiger partial charge < -0.3 is 9.63 Å². The quantitative estimate of drug-likeness (QED) is 0.307. The fourth-order valence-corrected chi connectivity index (χ4v) is 1.44. The average Bonchev–Trinajstić information content (AvgIpc) is 2.16. The van der Waals surface area contributed by atoms with E-state index in [-0.39, 0.29) is 26.2 Å². The van der Waals surface area contributed by atoms with E-state index in [1.165, 1.54) is 0 Å². The molecule has 0 spiro atoms. The van der Waals surface area contributed by atoms with Gasteiger partial charge in [0.25, 0.3) is 0 Å². The molecule has 0 aliphatic heterocycles. The summed E-state index contributed by atoms with van der Waals surface area (Å²) in [7, 11) is -4.01. The molecule has 1 unspecified atom stereocenters. The SMILES string of the molecule is C=C(F)C(=O)OCCCOP(=O)(O)OCC. The number of carbonyl (C=O) groups excluding carboxylic acids is 1. The molecule has 94 valence electrons. The second-order valence-corrected chi connectivity index (χ2v) is 4.07. The van der Waals surface area contributed by atoms with Gasteiger partial charge in [-0.25, -0.2) is 9.36 Å². The number of hydrogen-bond acceptors (Lipinski definition) is 5. The first-order valence-corrected chi connectivity index (χ1v) is 6.02. The van der Waals surface area contributed by atoms with Gasteiger partial charge in [-0.15, -0.1) is 0 Å². The molecule has 0 rings (SSSR count). The molecule has 6 nitrogen and oxygen atoms in total. The predicted octanol–water partition coefficient (Wildman–Crippen LogP) is 1.56. The predicted molar refractivity (Wildman–Crippen MR) is 53.2 cm³/mol. The maximum Gasteiger partial charge on any atom is 0.472 e. The van der Waals surface area contributed by atoms with Crippen LogP contribution in [0.1, 0.15) is 13.3 Å². The van der Waals surface area contributed by atoms with E-state index in [4.69, 9.17) is 4.89 Å². The van der Waals surface area contributed by atoms with Gasteiger partial charge in [-0.1, -0.05) is 6.58 Å². The number of rotatable bonds is 8. The van der Waals surface area contributed by atoms with Gasteiger partial charge in [-0.2, -0.15) is 4.39 Å². The van der Waals surface area contributed by atoms with Crippen LogP contribution in [0.4, 0.5) is 4.39 Å². The standard InChI is InChI=1S/C8H14FO6P/c1-3-14-16(11,12)15-6-4-5-13-8(10)7(2)9/h2-6H2,1H3,(H,11,12). The second kappa shape index (κ2) is 7.51. The van der Waals surface area contributed by atoms with E-state index >= 15 is 0 Å². The molecule has 0 saturated heterocycles. The van der Waals surface area contributed by atoms with Crippen molar-refractivity contribution < 1.29 is 32.4 Å². The molecule has 0 bridgehead atoms. The van der Waals surface area contributed by atoms with Gasteiger partial charge in [-0.05, 0) is 6.92 Å². The van der Waals surface area contributed by atoms with Crippen molar-refractivity contribution in [3.8, 4) is 0 Å². The van der Waals surface area contributed by atoms with E-state index in [1.807, 2.05) is 0 Å². The summed E-state index contributed by atoms with van der Waals surface area (Å²) in [5, 5.41) is 0. The molecule has 0 aromatic heterocycles. The summed E-state index contributed by atoms with van der Waals surface area (Å²) in [5.74, 6) is -2.35. The Kier molecular flexibility index (Phi) is 7.16. The lowest BCUT2D eigenvalue weighted by Gasteiger charge is -2.10. The molecular formula is C8H14FO6P. The van der Waals surface area contributed by atoms with Crippen molar-refractivity contribution in [2.24, 2.45) is 0 Å². The molecule has 0 aromatic rings. The minimum Gasteiger partial charge on any atom is -0.460 e. The van der Waals surface area contributed by atoms with Crippen molar-refractivity contribution in [3.63, 3.8) is 0 Å². The van der Waals surface area contributed by atoms with E-state index in [2.05, 4.69) is 20.4 Å². The van der Waals surface area contributed by atoms with Crippen molar-refractivity contribution in [2.75, 3.05) is 19.8 Å². The summed E-state index contributed by atoms with van der Waals surface area (Å²) in [5.41, 5.74) is 0. The number of hydrogen-bond donors (Lipinski definition) is 1. The Morgan fingerprint density at radius 2 is 2.06 bits per heavy atom. The Balaban J connectivity index is 3.58. The molecule has 0 fully saturated rings. The van der Waals surface area contributed by atoms with Crippen molar-refractivity contribution in [1.29, 1.82) is 0 Å². The Bertz CT molecular complexity index is 292. The van der Waals surface area contributed by atoms with Crippen molar-refractivity contribution in [3.05, 3.63) is 12.4 Å². The first kappa shape index (κ1) is 15.2. The zero-order valence-electron chi connectivity index (χ0n) is 8.85. The van der Waals surface area contributed by atoms with Crippen LogP contribution in [0.5, 0.6) is 0 Å². The van der Waals surface area contributed by atoms with Gasteiger partial charge in [0.2, 0.25) is 5.83 Å². The summed E-state index contributed by atoms with van der Waals surface area (Å²) in [6.45, 7) is 4.06. The number of phosphoric ester groups is 1. The Labute approximate surface area is 92.6 Å². The minimum atomic E-state index is -4.01. The lowest BCUT2D eigenvalue weighted by atomic mass is 10.5. The van der Waals surface area contributed by atoms with Gasteiger partial charge in [-0.3, -0.25) is 9.05 Å². The molecule has 0 saturated carbocycles. The van der Waals surface area contributed by atoms with Gasteiger partial charge in [0.05, 0.1) is 19.8 Å². The largest absolute Gasteiger partial charge is 0.472 e. The van der Waals surface area contributed by atoms with Gasteiger partial charge in [0.1, 0.15) is 0 Å². The van der Waals surface area contributed by atoms with Gasteiger partial charge in [0, 0.05) is 6.42 Å². The van der Waals surface area contributed by atoms with Crippen LogP contribution in [0.15, 0.2) is 12.4 Å². The molecule has 8 heteroatoms. The molecule has 1 atom stereocenters. The molecule has 1 N–H and O–H groups in total. The Hall–Kier alpha value is -0.750. The van der Waals surface area contributed by atoms with Crippen molar-refractivity contribution in [1.82, 2.24) is 0 Å². The fraction of sp³-hybridized carbons (Fsp3) is 0.625. The van der Waals surface area contributed by atoms with Gasteiger partial charge >= 0.3 is 13.8 Å². The zero-order chi connectivity index (χ0) is 12.6. The van der Waals surface area contributed by atoms with Crippen LogP contribution >= 0.6 is 7.82 Å². The van der Waals surface area contributed by atoms with Crippen LogP contribution in [-0.2, 0) is 23.1 Å². The highest BCUT2D eigenvalue weighted by molar-refractivity contribution is 7.47. The lowest BCUT2D eigenvalue weighted by Crippen LogP contribution is -2.07. The molecular weight excluding hydrogens is 242 g/mol. The van der Waals surface area contributed by atoms with E-state index in [1.54, 1.807) is 6.92 Å². The minimum absolute atomic E-state index is 0.0461. The van der Waals surface area contributed by atoms with Gasteiger partial charge in [0.15, 0.2) is 0 Å². The van der Waals surface area contributed by atoms with Crippen LogP contribution < -0.4 is 0 Å². The third-order valence-corrected chi connectivity index (χ3v) is 2.38. The van der Waals surface area contributed by atoms with Crippen LogP contribution in [0.2, 0.25) is 0 Å². The molecule has 0 radical (unpaired) electrons. The maximum atomic E-state index is 12.1. The monoisotopic (exact) mass is 256 g/mol. The number of esters is 1. The normalized spacial score (nSPS) is 14.2. The van der Waals surface area contributed by atoms with E-state index in [0.717, 1.165) is 0 Å². The fourth-order valence-electron chi connectivity index (χ4n) is 0.682. The van der Waals surface area contributed by atoms with Crippen LogP contribution in [0.3, 0.4) is 0 Å². The highest BCUT2D eigenvalue weighted by Crippen LogP contribution is 2.42. The smallest absolute Gasteiger partial charge is 0.460 e. The van der Waals surface area contributed by atoms with E-state index in [0.29, 0.717) is 0 Å². The lowest BCUT2D eigenvalue weighted by molar-refractivity contribution is -0.140. The van der Waals surface area contributed by atoms with Crippen LogP contribution in [0, 0.1) is 0 Å². The first-order valence-electron chi connectivity index (χ1n) is 4.52. The van der Waals surface area contributed by atoms with Crippen molar-refractivity contribution in [2.45, 2.75) is 13.3 Å². The highest BCUT2D eigenvalue weighted by atomic mass is 31.2. The number of halogens is 1. The molecule has 0 aliphatic rings. The Morgan fingerprint density at radius 3 is 2.56 bits per heavy atom. The summed E-state index contributed by atoms with van der Waals surface area (Å²) in [6, 6.07) is 0. The number of carbonyl (C=O) groups is 1. The first-order chi connectivity index (χ1) is 7.39. The molecule has 16 heavy (non-hydrogen) atoms.